The van der Waals surface area contributed by atoms with Gasteiger partial charge in [0.25, 0.3) is 6.71 Å². The highest BCUT2D eigenvalue weighted by Crippen LogP contribution is 2.62. The van der Waals surface area contributed by atoms with Crippen LogP contribution in [0.4, 0.5) is 34.1 Å². The lowest BCUT2D eigenvalue weighted by molar-refractivity contribution is 0.161. The van der Waals surface area contributed by atoms with Gasteiger partial charge >= 0.3 is 0 Å². The molecule has 8 aromatic rings. The van der Waals surface area contributed by atoms with Gasteiger partial charge in [-0.2, -0.15) is 0 Å². The highest BCUT2D eigenvalue weighted by atomic mass is 32.1. The van der Waals surface area contributed by atoms with Crippen LogP contribution in [0.25, 0.3) is 32.2 Å². The number of hydrogen-bond donors (Lipinski definition) is 0. The van der Waals surface area contributed by atoms with Gasteiger partial charge in [0.2, 0.25) is 0 Å². The molecule has 2 aliphatic heterocycles. The van der Waals surface area contributed by atoms with Crippen LogP contribution in [-0.4, -0.2) is 6.71 Å². The number of fused-ring (bicyclic) bond motifs is 14. The first-order valence-corrected chi connectivity index (χ1v) is 25.7. The smallest absolute Gasteiger partial charge is 0.264 e. The maximum Gasteiger partial charge on any atom is 0.264 e. The molecule has 9 aliphatic rings. The predicted octanol–water partition coefficient (Wildman–Crippen LogP) is 15.8. The van der Waals surface area contributed by atoms with Gasteiger partial charge in [-0.15, -0.1) is 11.3 Å². The molecule has 4 heterocycles. The number of thiophene rings is 1. The summed E-state index contributed by atoms with van der Waals surface area (Å²) in [5.74, 6) is 0.690. The topological polar surface area (TPSA) is 19.6 Å². The van der Waals surface area contributed by atoms with Gasteiger partial charge in [0.15, 0.2) is 0 Å². The fourth-order valence-electron chi connectivity index (χ4n) is 13.8. The van der Waals surface area contributed by atoms with Gasteiger partial charge in [-0.05, 0) is 196 Å². The van der Waals surface area contributed by atoms with Crippen LogP contribution in [-0.2, 0) is 32.5 Å². The molecule has 2 aromatic heterocycles. The number of nitrogens with zero attached hydrogens (tertiary/aromatic N) is 2. The zero-order valence-corrected chi connectivity index (χ0v) is 41.8. The van der Waals surface area contributed by atoms with E-state index in [0.717, 1.165) is 68.1 Å². The van der Waals surface area contributed by atoms with E-state index in [1.165, 1.54) is 16.2 Å². The molecule has 0 atom stereocenters. The standard InChI is InChI=1S/C64H63BN2OS/c1-36-29-50-55-51(30-36)67(39-19-20-41-40-13-11-12-14-44(40)60(5,6)45(41)31-39)56-43-32-46-47(62(8)23-21-61(46,7)22-24-62)34-53(43)69-58(56)65(55)48-35-52-42(54-57(68-52)64(10)27-25-63(54,9)26-28-64)33-49(48)66(50)38-17-15-37(16-18-38)59(2,3)4/h11-20,29-35H,21-28H2,1-10H3/i11D,12D,13D,14D,15D,16D,17D,18D,19D,20D,29D,30D,31D,32D,33D,34D,35D. The number of furan rings is 1. The van der Waals surface area contributed by atoms with Gasteiger partial charge in [-0.25, -0.2) is 0 Å². The maximum absolute atomic E-state index is 10.9. The minimum absolute atomic E-state index is 0.00182. The molecule has 0 radical (unpaired) electrons. The minimum atomic E-state index is -1.38. The van der Waals surface area contributed by atoms with Gasteiger partial charge < -0.3 is 14.2 Å². The second kappa shape index (κ2) is 12.9. The Labute approximate surface area is 436 Å². The van der Waals surface area contributed by atoms with Crippen LogP contribution in [0.3, 0.4) is 0 Å². The lowest BCUT2D eigenvalue weighted by Gasteiger charge is -2.52. The van der Waals surface area contributed by atoms with E-state index < -0.39 is 81.5 Å². The van der Waals surface area contributed by atoms with Crippen LogP contribution in [0.2, 0.25) is 0 Å². The highest BCUT2D eigenvalue weighted by Gasteiger charge is 2.54. The molecular formula is C64H63BN2OS. The molecule has 7 aliphatic carbocycles. The average Bonchev–Trinajstić information content (AvgIpc) is 1.31. The van der Waals surface area contributed by atoms with Crippen molar-refractivity contribution < 1.29 is 27.7 Å². The first-order valence-electron chi connectivity index (χ1n) is 33.4. The number of hydrogen-bond acceptors (Lipinski definition) is 4. The Hall–Kier alpha value is -5.52. The van der Waals surface area contributed by atoms with E-state index in [0.29, 0.717) is 26.0 Å². The summed E-state index contributed by atoms with van der Waals surface area (Å²) in [5.41, 5.74) is -1.17. The Morgan fingerprint density at radius 1 is 0.594 bits per heavy atom. The zero-order chi connectivity index (χ0) is 61.9. The lowest BCUT2D eigenvalue weighted by Crippen LogP contribution is -2.60. The summed E-state index contributed by atoms with van der Waals surface area (Å²) < 4.78 is 178. The second-order valence-electron chi connectivity index (χ2n) is 24.2. The summed E-state index contributed by atoms with van der Waals surface area (Å²) in [6.07, 6.45) is 6.35. The van der Waals surface area contributed by atoms with Gasteiger partial charge in [-0.1, -0.05) is 105 Å². The Balaban J connectivity index is 1.17. The molecule has 17 rings (SSSR count). The van der Waals surface area contributed by atoms with Crippen molar-refractivity contribution in [1.82, 2.24) is 0 Å². The summed E-state index contributed by atoms with van der Waals surface area (Å²) in [6.45, 7) is 17.8. The minimum Gasteiger partial charge on any atom is -0.460 e. The van der Waals surface area contributed by atoms with E-state index in [1.807, 2.05) is 0 Å². The van der Waals surface area contributed by atoms with Crippen LogP contribution >= 0.6 is 11.3 Å². The summed E-state index contributed by atoms with van der Waals surface area (Å²) in [7, 11) is 0. The van der Waals surface area contributed by atoms with Crippen molar-refractivity contribution >= 4 is 88.9 Å². The van der Waals surface area contributed by atoms with Crippen molar-refractivity contribution in [3.63, 3.8) is 0 Å². The van der Waals surface area contributed by atoms with Crippen LogP contribution in [0.15, 0.2) is 107 Å². The molecule has 4 bridgehead atoms. The lowest BCUT2D eigenvalue weighted by atomic mass is 9.36. The zero-order valence-electron chi connectivity index (χ0n) is 57.9. The van der Waals surface area contributed by atoms with Crippen LogP contribution in [0.5, 0.6) is 0 Å². The third-order valence-corrected chi connectivity index (χ3v) is 19.4. The number of rotatable bonds is 2. The normalized spacial score (nSPS) is 29.7. The molecule has 6 aromatic carbocycles. The van der Waals surface area contributed by atoms with E-state index in [1.54, 1.807) is 46.4 Å². The van der Waals surface area contributed by atoms with E-state index in [4.69, 9.17) is 7.16 Å². The third kappa shape index (κ3) is 5.16. The van der Waals surface area contributed by atoms with Gasteiger partial charge in [0.1, 0.15) is 11.3 Å². The fourth-order valence-corrected chi connectivity index (χ4v) is 15.1. The molecule has 344 valence electrons. The predicted molar refractivity (Wildman–Crippen MR) is 293 cm³/mol. The molecule has 3 nitrogen and oxygen atoms in total. The Bertz CT molecular complexity index is 4600. The quantitative estimate of drug-likeness (QED) is 0.161. The SMILES string of the molecule is [2H]c1c([2H])c([2H])c2c(c1[2H])-c1c([2H])c([2H])c(N3c4c([2H])c(C)c([2H])c5c4B(c4sc6c([2H])c7c(c([2H])c6c43)C3(C)CCC7(C)CC3)c3c(c([2H])c4c6c(oc4c3[2H])C3(C)CCC6(C)CC3)N5c3c([2H])c([2H])c(C(C)(C)C)c([2H])c3[2H])c([2H])c1C2(C)C. The first kappa shape index (κ1) is 27.8. The summed E-state index contributed by atoms with van der Waals surface area (Å²) in [6, 6.07) is -5.17. The van der Waals surface area contributed by atoms with Gasteiger partial charge in [-0.3, -0.25) is 0 Å². The number of anilines is 6. The van der Waals surface area contributed by atoms with Crippen molar-refractivity contribution in [3.05, 3.63) is 147 Å². The average molecular weight is 936 g/mol. The van der Waals surface area contributed by atoms with E-state index in [-0.39, 0.29) is 144 Å². The molecule has 0 saturated heterocycles. The molecule has 0 N–H and O–H groups in total. The summed E-state index contributed by atoms with van der Waals surface area (Å²) in [4.78, 5) is 2.99. The Morgan fingerprint density at radius 3 is 1.93 bits per heavy atom. The largest absolute Gasteiger partial charge is 0.460 e. The molecule has 0 amide bonds. The maximum atomic E-state index is 10.9. The van der Waals surface area contributed by atoms with Crippen LogP contribution in [0.1, 0.15) is 182 Å². The first-order chi connectivity index (χ1) is 40.0. The third-order valence-electron chi connectivity index (χ3n) is 18.2. The van der Waals surface area contributed by atoms with Crippen LogP contribution < -0.4 is 25.5 Å². The summed E-state index contributed by atoms with van der Waals surface area (Å²) in [5, 5.41) is 0.682. The Kier molecular flexibility index (Phi) is 5.18. The second-order valence-corrected chi connectivity index (χ2v) is 25.2. The molecule has 0 unspecified atom stereocenters. The van der Waals surface area contributed by atoms with E-state index >= 15 is 0 Å². The van der Waals surface area contributed by atoms with E-state index in [9.17, 15) is 20.6 Å². The molecule has 2 saturated carbocycles. The molecule has 5 heteroatoms. The molecule has 0 spiro atoms. The van der Waals surface area contributed by atoms with Crippen molar-refractivity contribution in [2.45, 2.75) is 153 Å². The number of benzene rings is 6. The van der Waals surface area contributed by atoms with Gasteiger partial charge in [0.05, 0.1) is 29.0 Å². The van der Waals surface area contributed by atoms with Gasteiger partial charge in [0, 0.05) is 65.1 Å². The van der Waals surface area contributed by atoms with Crippen LogP contribution in [0, 0.1) is 6.92 Å². The molecular weight excluding hydrogens is 856 g/mol. The van der Waals surface area contributed by atoms with Crippen molar-refractivity contribution in [2.24, 2.45) is 0 Å². The Morgan fingerprint density at radius 2 is 1.22 bits per heavy atom. The highest BCUT2D eigenvalue weighted by molar-refractivity contribution is 7.33. The van der Waals surface area contributed by atoms with Crippen molar-refractivity contribution in [1.29, 1.82) is 0 Å². The van der Waals surface area contributed by atoms with E-state index in [2.05, 4.69) is 27.7 Å². The monoisotopic (exact) mass is 936 g/mol. The van der Waals surface area contributed by atoms with Crippen molar-refractivity contribution in [3.8, 4) is 11.1 Å². The molecule has 2 fully saturated rings. The molecule has 69 heavy (non-hydrogen) atoms. The summed E-state index contributed by atoms with van der Waals surface area (Å²) >= 11 is 1.20. The fraction of sp³-hybridized carbons (Fsp3) is 0.375. The van der Waals surface area contributed by atoms with Crippen molar-refractivity contribution in [2.75, 3.05) is 9.80 Å².